The first-order chi connectivity index (χ1) is 18.4. The molecule has 0 saturated carbocycles. The van der Waals surface area contributed by atoms with E-state index in [4.69, 9.17) is 21.1 Å². The average molecular weight is 560 g/mol. The SMILES string of the molecule is CNC(=O)[C@]1(C(C)(C)C)C[C@H](Oc2cc3c(Nc4cccc(Cl)c4F)ncnc3cc2OC)CCN1C(=O)O. The number of methoxy groups -OCH3 is 1. The molecule has 10 nitrogen and oxygen atoms in total. The number of hydrogen-bond acceptors (Lipinski definition) is 7. The number of carbonyl (C=O) groups is 2. The Hall–Kier alpha value is -3.86. The topological polar surface area (TPSA) is 126 Å². The number of nitrogens with zero attached hydrogens (tertiary/aromatic N) is 3. The number of carbonyl (C=O) groups excluding carboxylic acids is 1. The van der Waals surface area contributed by atoms with Crippen LogP contribution >= 0.6 is 11.6 Å². The monoisotopic (exact) mass is 559 g/mol. The second kappa shape index (κ2) is 10.7. The molecule has 1 aliphatic heterocycles. The highest BCUT2D eigenvalue weighted by Crippen LogP contribution is 2.45. The summed E-state index contributed by atoms with van der Waals surface area (Å²) in [5.74, 6) is 0.0446. The predicted octanol–water partition coefficient (Wildman–Crippen LogP) is 5.23. The summed E-state index contributed by atoms with van der Waals surface area (Å²) >= 11 is 5.94. The molecule has 2 heterocycles. The van der Waals surface area contributed by atoms with Crippen LogP contribution in [0.25, 0.3) is 10.9 Å². The van der Waals surface area contributed by atoms with Crippen LogP contribution in [-0.2, 0) is 4.79 Å². The lowest BCUT2D eigenvalue weighted by molar-refractivity contribution is -0.147. The molecule has 1 fully saturated rings. The van der Waals surface area contributed by atoms with E-state index in [0.717, 1.165) is 0 Å². The molecule has 0 bridgehead atoms. The molecule has 208 valence electrons. The zero-order valence-corrected chi connectivity index (χ0v) is 23.1. The van der Waals surface area contributed by atoms with E-state index in [9.17, 15) is 19.1 Å². The number of halogens is 2. The number of rotatable bonds is 6. The number of likely N-dealkylation sites (N-methyl/N-ethyl adjacent to an activating group) is 1. The first kappa shape index (κ1) is 28.2. The largest absolute Gasteiger partial charge is 0.493 e. The Balaban J connectivity index is 1.74. The van der Waals surface area contributed by atoms with Crippen LogP contribution in [0, 0.1) is 11.2 Å². The third kappa shape index (κ3) is 5.10. The van der Waals surface area contributed by atoms with Crippen LogP contribution in [0.2, 0.25) is 5.02 Å². The molecule has 39 heavy (non-hydrogen) atoms. The first-order valence-corrected chi connectivity index (χ1v) is 12.7. The van der Waals surface area contributed by atoms with Gasteiger partial charge < -0.3 is 25.2 Å². The van der Waals surface area contributed by atoms with E-state index in [1.165, 1.54) is 37.5 Å². The average Bonchev–Trinajstić information content (AvgIpc) is 2.89. The van der Waals surface area contributed by atoms with Crippen LogP contribution < -0.4 is 20.1 Å². The number of carboxylic acid groups (broad SMARTS) is 1. The number of fused-ring (bicyclic) bond motifs is 1. The van der Waals surface area contributed by atoms with E-state index >= 15 is 0 Å². The van der Waals surface area contributed by atoms with Gasteiger partial charge in [-0.2, -0.15) is 0 Å². The molecule has 12 heteroatoms. The molecule has 1 saturated heterocycles. The van der Waals surface area contributed by atoms with Gasteiger partial charge in [-0.15, -0.1) is 0 Å². The lowest BCUT2D eigenvalue weighted by Crippen LogP contribution is -2.70. The number of nitrogens with one attached hydrogen (secondary N) is 2. The minimum Gasteiger partial charge on any atom is -0.493 e. The Kier molecular flexibility index (Phi) is 7.74. The van der Waals surface area contributed by atoms with Gasteiger partial charge in [0.1, 0.15) is 23.8 Å². The molecule has 0 radical (unpaired) electrons. The van der Waals surface area contributed by atoms with Gasteiger partial charge in [0.25, 0.3) is 0 Å². The minimum atomic E-state index is -1.37. The lowest BCUT2D eigenvalue weighted by Gasteiger charge is -2.53. The van der Waals surface area contributed by atoms with E-state index < -0.39 is 34.9 Å². The fourth-order valence-corrected chi connectivity index (χ4v) is 5.34. The van der Waals surface area contributed by atoms with E-state index in [1.54, 1.807) is 18.2 Å². The summed E-state index contributed by atoms with van der Waals surface area (Å²) in [6, 6.07) is 7.96. The number of ether oxygens (including phenoxy) is 2. The third-order valence-corrected chi connectivity index (χ3v) is 7.44. The summed E-state index contributed by atoms with van der Waals surface area (Å²) in [5, 5.41) is 16.1. The Morgan fingerprint density at radius 1 is 1.23 bits per heavy atom. The van der Waals surface area contributed by atoms with Gasteiger partial charge >= 0.3 is 6.09 Å². The maximum Gasteiger partial charge on any atom is 0.408 e. The zero-order chi connectivity index (χ0) is 28.5. The van der Waals surface area contributed by atoms with Gasteiger partial charge in [0.05, 0.1) is 23.3 Å². The van der Waals surface area contributed by atoms with Crippen molar-refractivity contribution in [1.82, 2.24) is 20.2 Å². The molecule has 4 rings (SSSR count). The Labute approximate surface area is 230 Å². The van der Waals surface area contributed by atoms with Crippen molar-refractivity contribution in [3.05, 3.63) is 47.5 Å². The second-order valence-electron chi connectivity index (χ2n) is 10.3. The molecule has 1 aromatic heterocycles. The molecule has 2 amide bonds. The van der Waals surface area contributed by atoms with Crippen molar-refractivity contribution in [2.24, 2.45) is 5.41 Å². The van der Waals surface area contributed by atoms with Gasteiger partial charge in [-0.05, 0) is 23.6 Å². The molecule has 0 aliphatic carbocycles. The summed E-state index contributed by atoms with van der Waals surface area (Å²) in [6.45, 7) is 5.61. The van der Waals surface area contributed by atoms with Crippen LogP contribution in [0.4, 0.5) is 20.7 Å². The van der Waals surface area contributed by atoms with Gasteiger partial charge in [-0.25, -0.2) is 19.2 Å². The van der Waals surface area contributed by atoms with Gasteiger partial charge in [0.2, 0.25) is 5.91 Å². The van der Waals surface area contributed by atoms with E-state index in [0.29, 0.717) is 34.6 Å². The van der Waals surface area contributed by atoms with Crippen LogP contribution in [0.3, 0.4) is 0 Å². The summed E-state index contributed by atoms with van der Waals surface area (Å²) in [5.41, 5.74) is -1.45. The van der Waals surface area contributed by atoms with Gasteiger partial charge in [-0.1, -0.05) is 38.4 Å². The van der Waals surface area contributed by atoms with E-state index in [-0.39, 0.29) is 23.7 Å². The van der Waals surface area contributed by atoms with Crippen LogP contribution in [-0.4, -0.2) is 64.3 Å². The summed E-state index contributed by atoms with van der Waals surface area (Å²) in [6.07, 6.45) is 0.127. The number of benzene rings is 2. The van der Waals surface area contributed by atoms with Crippen molar-refractivity contribution in [2.45, 2.75) is 45.3 Å². The third-order valence-electron chi connectivity index (χ3n) is 7.15. The molecular weight excluding hydrogens is 529 g/mol. The molecule has 0 unspecified atom stereocenters. The fraction of sp³-hybridized carbons (Fsp3) is 0.407. The van der Waals surface area contributed by atoms with Crippen molar-refractivity contribution in [1.29, 1.82) is 0 Å². The standard InChI is InChI=1S/C27H31ClFN5O5/c1-26(2,3)27(24(35)30-4)13-15(9-10-34(27)25(36)37)39-21-11-16-19(12-20(21)38-5)31-14-32-23(16)33-18-8-6-7-17(28)22(18)29/h6-8,11-12,14-15H,9-10,13H2,1-5H3,(H,30,35)(H,36,37)(H,31,32,33)/t15-,27+/m1/s1. The summed E-state index contributed by atoms with van der Waals surface area (Å²) < 4.78 is 26.6. The summed E-state index contributed by atoms with van der Waals surface area (Å²) in [7, 11) is 2.98. The van der Waals surface area contributed by atoms with Crippen molar-refractivity contribution >= 4 is 46.0 Å². The normalized spacial score (nSPS) is 19.5. The van der Waals surface area contributed by atoms with Gasteiger partial charge in [0.15, 0.2) is 17.3 Å². The van der Waals surface area contributed by atoms with Crippen molar-refractivity contribution in [2.75, 3.05) is 26.0 Å². The van der Waals surface area contributed by atoms with E-state index in [1.807, 2.05) is 20.8 Å². The van der Waals surface area contributed by atoms with Crippen molar-refractivity contribution in [3.8, 4) is 11.5 Å². The summed E-state index contributed by atoms with van der Waals surface area (Å²) in [4.78, 5) is 35.3. The quantitative estimate of drug-likeness (QED) is 0.375. The number of anilines is 2. The minimum absolute atomic E-state index is 0.0322. The number of piperidine rings is 1. The molecule has 1 aliphatic rings. The smallest absolute Gasteiger partial charge is 0.408 e. The van der Waals surface area contributed by atoms with Crippen LogP contribution in [0.5, 0.6) is 11.5 Å². The lowest BCUT2D eigenvalue weighted by atomic mass is 9.66. The van der Waals surface area contributed by atoms with Crippen LogP contribution in [0.1, 0.15) is 33.6 Å². The zero-order valence-electron chi connectivity index (χ0n) is 22.3. The Bertz CT molecular complexity index is 1420. The Morgan fingerprint density at radius 3 is 2.62 bits per heavy atom. The van der Waals surface area contributed by atoms with Crippen LogP contribution in [0.15, 0.2) is 36.7 Å². The molecule has 2 atom stereocenters. The first-order valence-electron chi connectivity index (χ1n) is 12.4. The Morgan fingerprint density at radius 2 is 1.97 bits per heavy atom. The highest BCUT2D eigenvalue weighted by atomic mass is 35.5. The number of aromatic nitrogens is 2. The van der Waals surface area contributed by atoms with Gasteiger partial charge in [-0.3, -0.25) is 9.69 Å². The van der Waals surface area contributed by atoms with Crippen molar-refractivity contribution in [3.63, 3.8) is 0 Å². The molecule has 3 N–H and O–H groups in total. The number of likely N-dealkylation sites (tertiary alicyclic amines) is 1. The van der Waals surface area contributed by atoms with E-state index in [2.05, 4.69) is 20.6 Å². The maximum atomic E-state index is 14.6. The molecular formula is C27H31ClFN5O5. The molecule has 2 aromatic carbocycles. The fourth-order valence-electron chi connectivity index (χ4n) is 5.16. The number of hydrogen-bond donors (Lipinski definition) is 3. The molecule has 0 spiro atoms. The highest BCUT2D eigenvalue weighted by Gasteiger charge is 2.58. The number of amides is 2. The second-order valence-corrected chi connectivity index (χ2v) is 10.7. The molecule has 3 aromatic rings. The van der Waals surface area contributed by atoms with Gasteiger partial charge in [0, 0.05) is 37.9 Å². The van der Waals surface area contributed by atoms with Crippen molar-refractivity contribution < 1.29 is 28.6 Å². The predicted molar refractivity (Wildman–Crippen MR) is 145 cm³/mol. The highest BCUT2D eigenvalue weighted by molar-refractivity contribution is 6.31. The maximum absolute atomic E-state index is 14.6.